The Morgan fingerprint density at radius 1 is 0.689 bits per heavy atom. The number of azo groups is 3. The third-order valence-electron chi connectivity index (χ3n) is 10.4. The fourth-order valence-electron chi connectivity index (χ4n) is 7.07. The molecule has 382 valence electrons. The Kier molecular flexibility index (Phi) is 14.2. The number of phenols is 1. The van der Waals surface area contributed by atoms with Gasteiger partial charge in [-0.1, -0.05) is 53.8 Å². The molecule has 0 radical (unpaired) electrons. The number of aromatic hydroxyl groups is 2. The fourth-order valence-corrected chi connectivity index (χ4v) is 10.5. The van der Waals surface area contributed by atoms with E-state index in [1.54, 1.807) is 31.2 Å². The van der Waals surface area contributed by atoms with Crippen LogP contribution >= 0.6 is 11.3 Å². The molecule has 0 spiro atoms. The van der Waals surface area contributed by atoms with Gasteiger partial charge < -0.3 is 20.1 Å². The molecule has 6 aromatic carbocycles. The summed E-state index contributed by atoms with van der Waals surface area (Å²) in [6.45, 7) is 1.33. The highest BCUT2D eigenvalue weighted by molar-refractivity contribution is 7.86. The monoisotopic (exact) mass is 1110 g/mol. The van der Waals surface area contributed by atoms with Crippen LogP contribution in [0.1, 0.15) is 22.3 Å². The van der Waals surface area contributed by atoms with Gasteiger partial charge >= 0.3 is 5.97 Å². The maximum absolute atomic E-state index is 13.0. The van der Waals surface area contributed by atoms with Crippen LogP contribution in [0.25, 0.3) is 37.9 Å². The lowest BCUT2D eigenvalue weighted by Gasteiger charge is -2.11. The van der Waals surface area contributed by atoms with E-state index in [2.05, 4.69) is 40.8 Å². The van der Waals surface area contributed by atoms with Gasteiger partial charge in [-0.15, -0.1) is 30.7 Å². The lowest BCUT2D eigenvalue weighted by atomic mass is 10.1. The number of carboxylic acids is 1. The Morgan fingerprint density at radius 2 is 1.36 bits per heavy atom. The quantitative estimate of drug-likeness (QED) is 0.0253. The summed E-state index contributed by atoms with van der Waals surface area (Å²) in [6, 6.07) is 21.8. The van der Waals surface area contributed by atoms with Gasteiger partial charge in [0, 0.05) is 22.4 Å². The van der Waals surface area contributed by atoms with Crippen LogP contribution in [0.3, 0.4) is 0 Å². The summed E-state index contributed by atoms with van der Waals surface area (Å²) < 4.78 is 143. The molecule has 0 fully saturated rings. The van der Waals surface area contributed by atoms with Gasteiger partial charge in [-0.05, 0) is 73.5 Å². The number of carbonyl (C=O) groups is 1. The van der Waals surface area contributed by atoms with Crippen LogP contribution in [-0.2, 0) is 40.5 Å². The fraction of sp³-hybridized carbons (Fsp3) is 0.0930. The number of hydrogen-bond acceptors (Lipinski definition) is 21. The summed E-state index contributed by atoms with van der Waals surface area (Å²) in [5, 5.41) is 61.1. The van der Waals surface area contributed by atoms with E-state index in [1.165, 1.54) is 42.5 Å². The molecule has 31 heteroatoms. The number of ether oxygens (including phenoxy) is 1. The molecular weight excluding hydrogens is 1070 g/mol. The van der Waals surface area contributed by atoms with Crippen LogP contribution in [-0.4, -0.2) is 100 Å². The highest BCUT2D eigenvalue weighted by Crippen LogP contribution is 2.45. The van der Waals surface area contributed by atoms with Gasteiger partial charge in [0.1, 0.15) is 43.8 Å². The molecule has 26 nitrogen and oxygen atoms in total. The predicted molar refractivity (Wildman–Crippen MR) is 263 cm³/mol. The van der Waals surface area contributed by atoms with Crippen LogP contribution in [0.2, 0.25) is 0 Å². The Labute approximate surface area is 421 Å². The first kappa shape index (κ1) is 52.3. The molecule has 0 unspecified atom stereocenters. The number of rotatable bonds is 17. The summed E-state index contributed by atoms with van der Waals surface area (Å²) in [7, 11) is -19.2. The normalized spacial score (nSPS) is 12.8. The second-order valence-corrected chi connectivity index (χ2v) is 22.2. The van der Waals surface area contributed by atoms with E-state index < -0.39 is 95.4 Å². The van der Waals surface area contributed by atoms with Crippen LogP contribution in [0.15, 0.2) is 149 Å². The minimum absolute atomic E-state index is 0.00474. The van der Waals surface area contributed by atoms with Crippen molar-refractivity contribution in [2.45, 2.75) is 28.0 Å². The molecule has 0 amide bonds. The minimum atomic E-state index is -5.23. The Bertz CT molecular complexity index is 4170. The number of aryl methyl sites for hydroxylation is 1. The smallest absolute Gasteiger partial charge is 0.335 e. The summed E-state index contributed by atoms with van der Waals surface area (Å²) in [4.78, 5) is 13.9. The maximum atomic E-state index is 13.0. The van der Waals surface area contributed by atoms with Gasteiger partial charge in [0.15, 0.2) is 11.4 Å². The van der Waals surface area contributed by atoms with Gasteiger partial charge in [-0.2, -0.15) is 43.5 Å². The van der Waals surface area contributed by atoms with Crippen molar-refractivity contribution in [2.24, 2.45) is 30.7 Å². The highest BCUT2D eigenvalue weighted by atomic mass is 32.2. The highest BCUT2D eigenvalue weighted by Gasteiger charge is 2.26. The minimum Gasteiger partial charge on any atom is -0.505 e. The molecule has 0 bridgehead atoms. The Balaban J connectivity index is 1.16. The van der Waals surface area contributed by atoms with Crippen LogP contribution < -0.4 is 4.74 Å². The Morgan fingerprint density at radius 3 is 2.04 bits per heavy atom. The van der Waals surface area contributed by atoms with Crippen molar-refractivity contribution in [3.8, 4) is 34.3 Å². The number of nitrogens with zero attached hydrogens (tertiary/aromatic N) is 9. The summed E-state index contributed by atoms with van der Waals surface area (Å²) in [6.07, 6.45) is -0.173. The topological polar surface area (TPSA) is 409 Å². The number of para-hydroxylation sites is 1. The lowest BCUT2D eigenvalue weighted by molar-refractivity contribution is 0.0696. The summed E-state index contributed by atoms with van der Waals surface area (Å²) in [5.74, 6) is -3.80. The van der Waals surface area contributed by atoms with Crippen molar-refractivity contribution in [3.63, 3.8) is 0 Å². The molecule has 2 aromatic heterocycles. The molecular formula is C43H33N9O17S5. The molecule has 8 rings (SSSR count). The van der Waals surface area contributed by atoms with Crippen molar-refractivity contribution < 1.29 is 76.7 Å². The van der Waals surface area contributed by atoms with Crippen LogP contribution in [0.4, 0.5) is 33.6 Å². The molecule has 0 saturated carbocycles. The van der Waals surface area contributed by atoms with E-state index in [0.29, 0.717) is 21.0 Å². The molecule has 0 saturated heterocycles. The third kappa shape index (κ3) is 11.4. The van der Waals surface area contributed by atoms with Gasteiger partial charge in [0.2, 0.25) is 11.0 Å². The van der Waals surface area contributed by atoms with E-state index in [9.17, 15) is 72.0 Å². The van der Waals surface area contributed by atoms with Crippen LogP contribution in [0, 0.1) is 6.92 Å². The SMILES string of the molecule is Cc1cc(N=Nc2ccc3c(S(=O)(=O)O)c(N=Nc4c(-c5ccccc5)nn(-c5cc(C(=O)O)cc(S(=O)(=O)O)c5)c4O)ccc3c2O)c(OCCCS(=O)(=O)O)cc1N=Nc1nc2c(S(=O)(=O)O)cccc2s1. The standard InChI is InChI=1S/C43H33N9O17S5/c1-22-17-32(33(69-15-6-16-71(57,58)59)21-31(22)47-50-43-44-37-34(70-43)9-5-10-35(37)73(63,64)65)48-45-29-13-12-28-27(39(29)53)11-14-30(40(28)74(66,67)68)46-49-38-36(23-7-3-2-4-8-23)51-52(41(38)54)25-18-24(42(55)56)19-26(20-25)72(60,61)62/h2-5,7-14,17-21,53-54H,6,15-16H2,1H3,(H,55,56)(H,57,58,59)(H,60,61,62)(H,63,64,65)(H,66,67,68). The number of thiazole rings is 1. The van der Waals surface area contributed by atoms with Gasteiger partial charge in [-0.3, -0.25) is 18.2 Å². The lowest BCUT2D eigenvalue weighted by Crippen LogP contribution is -2.08. The summed E-state index contributed by atoms with van der Waals surface area (Å²) >= 11 is 0.973. The number of aromatic carboxylic acids is 1. The third-order valence-corrected chi connectivity index (χ3v) is 14.8. The number of fused-ring (bicyclic) bond motifs is 2. The average Bonchev–Trinajstić information content (AvgIpc) is 3.90. The van der Waals surface area contributed by atoms with E-state index in [0.717, 1.165) is 41.7 Å². The zero-order valence-electron chi connectivity index (χ0n) is 37.2. The molecule has 2 heterocycles. The number of carboxylic acid groups (broad SMARTS) is 1. The second kappa shape index (κ2) is 20.1. The van der Waals surface area contributed by atoms with Gasteiger partial charge in [0.05, 0.1) is 38.9 Å². The predicted octanol–water partition coefficient (Wildman–Crippen LogP) is 9.36. The first-order chi connectivity index (χ1) is 34.8. The molecule has 7 N–H and O–H groups in total. The molecule has 0 atom stereocenters. The molecule has 0 aliphatic heterocycles. The maximum Gasteiger partial charge on any atom is 0.335 e. The average molecular weight is 1110 g/mol. The van der Waals surface area contributed by atoms with E-state index in [4.69, 9.17) is 4.74 Å². The van der Waals surface area contributed by atoms with Gasteiger partial charge in [0.25, 0.3) is 40.5 Å². The molecule has 8 aromatic rings. The zero-order chi connectivity index (χ0) is 53.5. The van der Waals surface area contributed by atoms with Crippen molar-refractivity contribution in [1.29, 1.82) is 0 Å². The van der Waals surface area contributed by atoms with E-state index in [1.807, 2.05) is 0 Å². The first-order valence-electron chi connectivity index (χ1n) is 20.6. The largest absolute Gasteiger partial charge is 0.505 e. The van der Waals surface area contributed by atoms with Crippen molar-refractivity contribution in [3.05, 3.63) is 114 Å². The number of hydrogen-bond donors (Lipinski definition) is 7. The van der Waals surface area contributed by atoms with E-state index >= 15 is 0 Å². The number of benzene rings is 6. The zero-order valence-corrected chi connectivity index (χ0v) is 41.3. The molecule has 0 aliphatic rings. The first-order valence-corrected chi connectivity index (χ1v) is 27.4. The second-order valence-electron chi connectivity index (χ2n) is 15.5. The molecule has 74 heavy (non-hydrogen) atoms. The van der Waals surface area contributed by atoms with E-state index in [-0.39, 0.29) is 74.2 Å². The summed E-state index contributed by atoms with van der Waals surface area (Å²) in [5.41, 5.74) is -1.52. The van der Waals surface area contributed by atoms with Crippen molar-refractivity contribution in [2.75, 3.05) is 12.4 Å². The van der Waals surface area contributed by atoms with Gasteiger partial charge in [-0.25, -0.2) is 9.78 Å². The number of phenolic OH excluding ortho intramolecular Hbond substituents is 1. The molecule has 0 aliphatic carbocycles. The van der Waals surface area contributed by atoms with Crippen molar-refractivity contribution >= 4 is 112 Å². The Hall–Kier alpha value is -8.01. The van der Waals surface area contributed by atoms with Crippen LogP contribution in [0.5, 0.6) is 17.4 Å². The van der Waals surface area contributed by atoms with Crippen molar-refractivity contribution in [1.82, 2.24) is 14.8 Å². The number of aromatic nitrogens is 3.